The number of sulfone groups is 1. The lowest BCUT2D eigenvalue weighted by Gasteiger charge is -2.03. The van der Waals surface area contributed by atoms with Gasteiger partial charge < -0.3 is 4.42 Å². The molecule has 0 aliphatic heterocycles. The Morgan fingerprint density at radius 3 is 2.56 bits per heavy atom. The van der Waals surface area contributed by atoms with Crippen molar-refractivity contribution in [1.82, 2.24) is 14.9 Å². The zero-order valence-corrected chi connectivity index (χ0v) is 15.2. The Morgan fingerprint density at radius 2 is 1.88 bits per heavy atom. The number of aromatic nitrogens is 2. The molecule has 12 heteroatoms. The monoisotopic (exact) mass is 411 g/mol. The van der Waals surface area contributed by atoms with Gasteiger partial charge >= 0.3 is 5.22 Å². The van der Waals surface area contributed by atoms with E-state index in [1.165, 1.54) is 18.2 Å². The molecule has 0 saturated carbocycles. The summed E-state index contributed by atoms with van der Waals surface area (Å²) in [6.45, 7) is -0.354. The maximum Gasteiger partial charge on any atom is 0.335 e. The molecule has 0 aliphatic rings. The topological polar surface area (TPSA) is 119 Å². The minimum atomic E-state index is -4.06. The van der Waals surface area contributed by atoms with Crippen LogP contribution in [0.2, 0.25) is 0 Å². The lowest BCUT2D eigenvalue weighted by Crippen LogP contribution is -2.26. The van der Waals surface area contributed by atoms with Gasteiger partial charge in [-0.1, -0.05) is 23.3 Å². The number of hydrogen-bond acceptors (Lipinski definition) is 7. The number of hydrogen-bond donors (Lipinski definition) is 1. The van der Waals surface area contributed by atoms with Crippen LogP contribution in [0, 0.1) is 5.82 Å². The summed E-state index contributed by atoms with van der Waals surface area (Å²) in [6.07, 6.45) is 0.267. The third-order valence-electron chi connectivity index (χ3n) is 3.01. The van der Waals surface area contributed by atoms with Crippen molar-refractivity contribution in [2.24, 2.45) is 0 Å². The fourth-order valence-corrected chi connectivity index (χ4v) is 4.27. The molecule has 0 bridgehead atoms. The van der Waals surface area contributed by atoms with Gasteiger partial charge in [0.2, 0.25) is 25.8 Å². The van der Waals surface area contributed by atoms with Gasteiger partial charge in [-0.15, -0.1) is 16.7 Å². The largest absolute Gasteiger partial charge is 0.411 e. The summed E-state index contributed by atoms with van der Waals surface area (Å²) in [4.78, 5) is 0. The van der Waals surface area contributed by atoms with Crippen molar-refractivity contribution in [2.45, 2.75) is 23.9 Å². The zero-order chi connectivity index (χ0) is 18.5. The van der Waals surface area contributed by atoms with Crippen LogP contribution in [0.4, 0.5) is 4.39 Å². The highest BCUT2D eigenvalue weighted by Gasteiger charge is 2.24. The molecule has 1 aromatic heterocycles. The second-order valence-corrected chi connectivity index (χ2v) is 9.17. The lowest BCUT2D eigenvalue weighted by atomic mass is 10.2. The van der Waals surface area contributed by atoms with E-state index in [0.29, 0.717) is 0 Å². The Hall–Kier alpha value is -1.56. The number of nitrogens with one attached hydrogen (secondary N) is 1. The molecule has 1 heterocycles. The Bertz CT molecular complexity index is 931. The van der Waals surface area contributed by atoms with Crippen LogP contribution in [0.3, 0.4) is 0 Å². The number of alkyl halides is 1. The molecule has 0 saturated heterocycles. The van der Waals surface area contributed by atoms with E-state index in [-0.39, 0.29) is 36.1 Å². The molecule has 0 aliphatic carbocycles. The Kier molecular flexibility index (Phi) is 6.49. The molecular weight excluding hydrogens is 397 g/mol. The van der Waals surface area contributed by atoms with E-state index >= 15 is 0 Å². The second-order valence-electron chi connectivity index (χ2n) is 4.99. The molecule has 0 radical (unpaired) electrons. The minimum absolute atomic E-state index is 0.0379. The molecule has 0 fully saturated rings. The molecule has 2 aromatic rings. The van der Waals surface area contributed by atoms with Crippen molar-refractivity contribution >= 4 is 31.5 Å². The maximum atomic E-state index is 13.6. The fourth-order valence-electron chi connectivity index (χ4n) is 1.81. The molecule has 0 unspecified atom stereocenters. The van der Waals surface area contributed by atoms with Gasteiger partial charge in [0.1, 0.15) is 5.82 Å². The molecule has 138 valence electrons. The third-order valence-corrected chi connectivity index (χ3v) is 6.07. The number of rotatable bonds is 9. The van der Waals surface area contributed by atoms with Gasteiger partial charge in [0.05, 0.1) is 18.1 Å². The molecule has 25 heavy (non-hydrogen) atoms. The summed E-state index contributed by atoms with van der Waals surface area (Å²) in [5, 5.41) is 6.18. The fraction of sp³-hybridized carbons (Fsp3) is 0.385. The molecule has 0 spiro atoms. The summed E-state index contributed by atoms with van der Waals surface area (Å²) in [5.74, 6) is -1.52. The van der Waals surface area contributed by atoms with Crippen LogP contribution in [0.5, 0.6) is 0 Å². The van der Waals surface area contributed by atoms with Gasteiger partial charge in [-0.05, 0) is 12.5 Å². The normalized spacial score (nSPS) is 12.4. The van der Waals surface area contributed by atoms with Crippen molar-refractivity contribution in [1.29, 1.82) is 0 Å². The van der Waals surface area contributed by atoms with E-state index in [2.05, 4.69) is 14.9 Å². The van der Waals surface area contributed by atoms with Gasteiger partial charge in [-0.25, -0.2) is 25.9 Å². The highest BCUT2D eigenvalue weighted by atomic mass is 35.5. The molecule has 1 aromatic carbocycles. The van der Waals surface area contributed by atoms with Crippen molar-refractivity contribution < 1.29 is 25.6 Å². The SMILES string of the molecule is O=S(=O)(CCCCl)NCc1nnc(S(=O)(=O)Cc2ccccc2F)o1. The van der Waals surface area contributed by atoms with Crippen LogP contribution in [0.1, 0.15) is 17.9 Å². The van der Waals surface area contributed by atoms with Crippen LogP contribution in [-0.4, -0.2) is 38.7 Å². The molecule has 2 rings (SSSR count). The average Bonchev–Trinajstić information content (AvgIpc) is 3.03. The van der Waals surface area contributed by atoms with Gasteiger partial charge in [0, 0.05) is 11.4 Å². The predicted molar refractivity (Wildman–Crippen MR) is 87.6 cm³/mol. The first kappa shape index (κ1) is 19.8. The summed E-state index contributed by atoms with van der Waals surface area (Å²) in [7, 11) is -7.64. The highest BCUT2D eigenvalue weighted by Crippen LogP contribution is 2.17. The Balaban J connectivity index is 2.06. The maximum absolute atomic E-state index is 13.6. The van der Waals surface area contributed by atoms with Gasteiger partial charge in [0.15, 0.2) is 0 Å². The summed E-state index contributed by atoms with van der Waals surface area (Å²) in [6, 6.07) is 5.41. The smallest absolute Gasteiger partial charge is 0.335 e. The molecule has 8 nitrogen and oxygen atoms in total. The summed E-state index contributed by atoms with van der Waals surface area (Å²) < 4.78 is 68.4. The lowest BCUT2D eigenvalue weighted by molar-refractivity contribution is 0.393. The van der Waals surface area contributed by atoms with Crippen LogP contribution in [0.15, 0.2) is 33.9 Å². The van der Waals surface area contributed by atoms with Crippen molar-refractivity contribution in [2.75, 3.05) is 11.6 Å². The number of sulfonamides is 1. The van der Waals surface area contributed by atoms with Crippen LogP contribution < -0.4 is 4.72 Å². The molecule has 1 N–H and O–H groups in total. The van der Waals surface area contributed by atoms with E-state index in [1.54, 1.807) is 0 Å². The summed E-state index contributed by atoms with van der Waals surface area (Å²) in [5.41, 5.74) is -0.0379. The van der Waals surface area contributed by atoms with Crippen molar-refractivity contribution in [3.63, 3.8) is 0 Å². The van der Waals surface area contributed by atoms with E-state index in [1.807, 2.05) is 0 Å². The number of halogens is 2. The first-order valence-corrected chi connectivity index (χ1v) is 10.9. The van der Waals surface area contributed by atoms with E-state index in [0.717, 1.165) is 6.07 Å². The van der Waals surface area contributed by atoms with E-state index in [9.17, 15) is 21.2 Å². The van der Waals surface area contributed by atoms with Crippen LogP contribution >= 0.6 is 11.6 Å². The molecule has 0 atom stereocenters. The first-order chi connectivity index (χ1) is 11.7. The van der Waals surface area contributed by atoms with Gasteiger partial charge in [-0.2, -0.15) is 0 Å². The quantitative estimate of drug-likeness (QED) is 0.616. The zero-order valence-electron chi connectivity index (χ0n) is 12.9. The van der Waals surface area contributed by atoms with E-state index < -0.39 is 36.7 Å². The number of benzene rings is 1. The number of nitrogens with zero attached hydrogens (tertiary/aromatic N) is 2. The van der Waals surface area contributed by atoms with Crippen LogP contribution in [0.25, 0.3) is 0 Å². The average molecular weight is 412 g/mol. The first-order valence-electron chi connectivity index (χ1n) is 7.05. The molecule has 0 amide bonds. The van der Waals surface area contributed by atoms with Crippen molar-refractivity contribution in [3.8, 4) is 0 Å². The van der Waals surface area contributed by atoms with E-state index in [4.69, 9.17) is 16.0 Å². The summed E-state index contributed by atoms with van der Waals surface area (Å²) >= 11 is 5.43. The Labute approximate surface area is 149 Å². The van der Waals surface area contributed by atoms with Gasteiger partial charge in [-0.3, -0.25) is 0 Å². The third kappa shape index (κ3) is 5.73. The second kappa shape index (κ2) is 8.21. The molecular formula is C13H15ClFN3O5S2. The van der Waals surface area contributed by atoms with Crippen LogP contribution in [-0.2, 0) is 32.2 Å². The van der Waals surface area contributed by atoms with Gasteiger partial charge in [0.25, 0.3) is 0 Å². The van der Waals surface area contributed by atoms with Crippen molar-refractivity contribution in [3.05, 3.63) is 41.5 Å². The highest BCUT2D eigenvalue weighted by molar-refractivity contribution is 7.90. The standard InChI is InChI=1S/C13H15ClFN3O5S2/c14-6-3-7-25(21,22)16-8-12-17-18-13(23-12)24(19,20)9-10-4-1-2-5-11(10)15/h1-2,4-5,16H,3,6-9H2. The Morgan fingerprint density at radius 1 is 1.16 bits per heavy atom. The predicted octanol–water partition coefficient (Wildman–Crippen LogP) is 1.23. The minimum Gasteiger partial charge on any atom is -0.411 e.